The Bertz CT molecular complexity index is 1310. The van der Waals surface area contributed by atoms with Crippen molar-refractivity contribution in [1.82, 2.24) is 10.2 Å². The van der Waals surface area contributed by atoms with Crippen molar-refractivity contribution in [2.75, 3.05) is 13.2 Å². The first-order chi connectivity index (χ1) is 18.8. The number of carbonyl (C=O) groups excluding carboxylic acids is 2. The van der Waals surface area contributed by atoms with Gasteiger partial charge in [0.2, 0.25) is 5.91 Å². The third kappa shape index (κ3) is 9.25. The fourth-order valence-electron chi connectivity index (χ4n) is 4.12. The van der Waals surface area contributed by atoms with Gasteiger partial charge in [-0.1, -0.05) is 100 Å². The molecule has 0 bridgehead atoms. The van der Waals surface area contributed by atoms with Gasteiger partial charge in [0.25, 0.3) is 5.91 Å². The second-order valence-corrected chi connectivity index (χ2v) is 13.0. The molecular formula is C32H37BrCl2N2O3. The Kier molecular flexibility index (Phi) is 11.5. The molecule has 0 aliphatic rings. The van der Waals surface area contributed by atoms with E-state index in [-0.39, 0.29) is 36.3 Å². The zero-order valence-electron chi connectivity index (χ0n) is 23.6. The fourth-order valence-corrected chi connectivity index (χ4v) is 4.93. The number of ether oxygens (including phenoxy) is 1. The normalized spacial score (nSPS) is 12.2. The minimum absolute atomic E-state index is 0.0263. The van der Waals surface area contributed by atoms with Gasteiger partial charge in [-0.3, -0.25) is 9.59 Å². The summed E-state index contributed by atoms with van der Waals surface area (Å²) in [6.07, 6.45) is 0.349. The van der Waals surface area contributed by atoms with Gasteiger partial charge in [-0.15, -0.1) is 0 Å². The SMILES string of the molecule is CC(C)CNC(=O)C(Cc1ccccc1)N(Cc1ccc(Cl)c(Cl)c1)C(=O)COc1ccc(C(C)(C)C)cc1Br. The lowest BCUT2D eigenvalue weighted by Gasteiger charge is -2.32. The van der Waals surface area contributed by atoms with Crippen LogP contribution >= 0.6 is 39.1 Å². The summed E-state index contributed by atoms with van der Waals surface area (Å²) in [6, 6.07) is 20.0. The minimum atomic E-state index is -0.765. The number of halogens is 3. The molecule has 3 aromatic rings. The number of rotatable bonds is 11. The summed E-state index contributed by atoms with van der Waals surface area (Å²) in [5.74, 6) is 0.275. The predicted molar refractivity (Wildman–Crippen MR) is 167 cm³/mol. The number of nitrogens with one attached hydrogen (secondary N) is 1. The maximum absolute atomic E-state index is 13.8. The van der Waals surface area contributed by atoms with E-state index >= 15 is 0 Å². The number of hydrogen-bond acceptors (Lipinski definition) is 3. The molecule has 214 valence electrons. The summed E-state index contributed by atoms with van der Waals surface area (Å²) in [6.45, 7) is 10.9. The molecule has 0 fully saturated rings. The molecular weight excluding hydrogens is 611 g/mol. The van der Waals surface area contributed by atoms with Crippen LogP contribution in [0.15, 0.2) is 71.2 Å². The molecule has 0 radical (unpaired) electrons. The smallest absolute Gasteiger partial charge is 0.261 e. The molecule has 0 heterocycles. The monoisotopic (exact) mass is 646 g/mol. The Morgan fingerprint density at radius 1 is 0.950 bits per heavy atom. The van der Waals surface area contributed by atoms with E-state index < -0.39 is 6.04 Å². The van der Waals surface area contributed by atoms with Crippen LogP contribution in [0.3, 0.4) is 0 Å². The van der Waals surface area contributed by atoms with Gasteiger partial charge in [-0.25, -0.2) is 0 Å². The van der Waals surface area contributed by atoms with Gasteiger partial charge in [0.05, 0.1) is 14.5 Å². The molecule has 2 amide bonds. The van der Waals surface area contributed by atoms with Gasteiger partial charge in [0.1, 0.15) is 11.8 Å². The Morgan fingerprint density at radius 2 is 1.65 bits per heavy atom. The maximum Gasteiger partial charge on any atom is 0.261 e. The number of amides is 2. The maximum atomic E-state index is 13.8. The van der Waals surface area contributed by atoms with E-state index in [0.29, 0.717) is 28.8 Å². The number of carbonyl (C=O) groups is 2. The summed E-state index contributed by atoms with van der Waals surface area (Å²) in [7, 11) is 0. The molecule has 0 aliphatic heterocycles. The van der Waals surface area contributed by atoms with Crippen LogP contribution in [0.4, 0.5) is 0 Å². The summed E-state index contributed by atoms with van der Waals surface area (Å²) >= 11 is 16.0. The van der Waals surface area contributed by atoms with Crippen molar-refractivity contribution in [3.05, 3.63) is 97.9 Å². The van der Waals surface area contributed by atoms with Crippen molar-refractivity contribution in [1.29, 1.82) is 0 Å². The van der Waals surface area contributed by atoms with E-state index in [2.05, 4.69) is 42.0 Å². The molecule has 0 aromatic heterocycles. The topological polar surface area (TPSA) is 58.6 Å². The predicted octanol–water partition coefficient (Wildman–Crippen LogP) is 7.84. The minimum Gasteiger partial charge on any atom is -0.483 e. The van der Waals surface area contributed by atoms with Crippen LogP contribution in [0.1, 0.15) is 51.3 Å². The first-order valence-electron chi connectivity index (χ1n) is 13.3. The molecule has 1 unspecified atom stereocenters. The zero-order valence-corrected chi connectivity index (χ0v) is 26.7. The van der Waals surface area contributed by atoms with Crippen molar-refractivity contribution >= 4 is 50.9 Å². The average molecular weight is 648 g/mol. The average Bonchev–Trinajstić information content (AvgIpc) is 2.90. The molecule has 1 N–H and O–H groups in total. The Morgan fingerprint density at radius 3 is 2.25 bits per heavy atom. The van der Waals surface area contributed by atoms with E-state index in [1.807, 2.05) is 68.4 Å². The van der Waals surface area contributed by atoms with Gasteiger partial charge in [-0.2, -0.15) is 0 Å². The molecule has 3 rings (SSSR count). The van der Waals surface area contributed by atoms with Gasteiger partial charge in [0, 0.05) is 19.5 Å². The van der Waals surface area contributed by atoms with Gasteiger partial charge in [-0.05, 0) is 68.2 Å². The highest BCUT2D eigenvalue weighted by Gasteiger charge is 2.31. The van der Waals surface area contributed by atoms with Crippen LogP contribution in [-0.4, -0.2) is 35.9 Å². The highest BCUT2D eigenvalue weighted by molar-refractivity contribution is 9.10. The van der Waals surface area contributed by atoms with E-state index in [1.54, 1.807) is 17.0 Å². The first-order valence-corrected chi connectivity index (χ1v) is 14.9. The Balaban J connectivity index is 1.93. The Labute approximate surface area is 256 Å². The van der Waals surface area contributed by atoms with Crippen molar-refractivity contribution in [2.24, 2.45) is 5.92 Å². The number of hydrogen-bond donors (Lipinski definition) is 1. The van der Waals surface area contributed by atoms with E-state index in [4.69, 9.17) is 27.9 Å². The highest BCUT2D eigenvalue weighted by atomic mass is 79.9. The number of nitrogens with zero attached hydrogens (tertiary/aromatic N) is 1. The Hall–Kier alpha value is -2.54. The highest BCUT2D eigenvalue weighted by Crippen LogP contribution is 2.32. The summed E-state index contributed by atoms with van der Waals surface area (Å²) in [5, 5.41) is 3.82. The van der Waals surface area contributed by atoms with Crippen LogP contribution in [0.5, 0.6) is 5.75 Å². The van der Waals surface area contributed by atoms with Crippen LogP contribution in [0, 0.1) is 5.92 Å². The molecule has 0 saturated heterocycles. The molecule has 5 nitrogen and oxygen atoms in total. The van der Waals surface area contributed by atoms with E-state index in [0.717, 1.165) is 21.2 Å². The van der Waals surface area contributed by atoms with Crippen molar-refractivity contribution in [3.63, 3.8) is 0 Å². The summed E-state index contributed by atoms with van der Waals surface area (Å²) in [4.78, 5) is 29.0. The van der Waals surface area contributed by atoms with Gasteiger partial charge in [0.15, 0.2) is 6.61 Å². The summed E-state index contributed by atoms with van der Waals surface area (Å²) < 4.78 is 6.75. The molecule has 0 aliphatic carbocycles. The lowest BCUT2D eigenvalue weighted by Crippen LogP contribution is -2.52. The number of benzene rings is 3. The first kappa shape index (κ1) is 32.0. The fraction of sp³-hybridized carbons (Fsp3) is 0.375. The van der Waals surface area contributed by atoms with Crippen LogP contribution in [-0.2, 0) is 28.0 Å². The molecule has 40 heavy (non-hydrogen) atoms. The molecule has 0 spiro atoms. The lowest BCUT2D eigenvalue weighted by molar-refractivity contribution is -0.142. The molecule has 8 heteroatoms. The molecule has 3 aromatic carbocycles. The van der Waals surface area contributed by atoms with Crippen LogP contribution in [0.2, 0.25) is 10.0 Å². The van der Waals surface area contributed by atoms with Gasteiger partial charge >= 0.3 is 0 Å². The van der Waals surface area contributed by atoms with E-state index in [1.165, 1.54) is 0 Å². The largest absolute Gasteiger partial charge is 0.483 e. The van der Waals surface area contributed by atoms with E-state index in [9.17, 15) is 9.59 Å². The second-order valence-electron chi connectivity index (χ2n) is 11.3. The lowest BCUT2D eigenvalue weighted by atomic mass is 9.87. The van der Waals surface area contributed by atoms with Crippen molar-refractivity contribution in [2.45, 2.75) is 59.0 Å². The zero-order chi connectivity index (χ0) is 29.4. The summed E-state index contributed by atoms with van der Waals surface area (Å²) in [5.41, 5.74) is 2.82. The molecule has 1 atom stereocenters. The standard InChI is InChI=1S/C32H37BrCl2N2O3/c1-21(2)18-36-31(39)28(16-22-9-7-6-8-10-22)37(19-23-11-13-26(34)27(35)15-23)30(38)20-40-29-14-12-24(17-25(29)33)32(3,4)5/h6-15,17,21,28H,16,18-20H2,1-5H3,(H,36,39). The third-order valence-corrected chi connectivity index (χ3v) is 7.80. The van der Waals surface area contributed by atoms with Crippen molar-refractivity contribution in [3.8, 4) is 5.75 Å². The van der Waals surface area contributed by atoms with Crippen molar-refractivity contribution < 1.29 is 14.3 Å². The third-order valence-electron chi connectivity index (χ3n) is 6.44. The quantitative estimate of drug-likeness (QED) is 0.231. The van der Waals surface area contributed by atoms with Gasteiger partial charge < -0.3 is 15.0 Å². The molecule has 0 saturated carbocycles. The second kappa shape index (κ2) is 14.4. The van der Waals surface area contributed by atoms with Crippen LogP contribution in [0.25, 0.3) is 0 Å². The van der Waals surface area contributed by atoms with Crippen LogP contribution < -0.4 is 10.1 Å².